The van der Waals surface area contributed by atoms with Gasteiger partial charge >= 0.3 is 5.97 Å². The van der Waals surface area contributed by atoms with E-state index in [0.29, 0.717) is 33.3 Å². The third kappa shape index (κ3) is 8.12. The van der Waals surface area contributed by atoms with E-state index in [0.717, 1.165) is 9.87 Å². The molecule has 0 N–H and O–H groups in total. The summed E-state index contributed by atoms with van der Waals surface area (Å²) >= 11 is 0. The maximum Gasteiger partial charge on any atom is 0.333 e. The average molecular weight is 710 g/mol. The Balaban J connectivity index is 1.46. The van der Waals surface area contributed by atoms with Crippen molar-refractivity contribution in [2.45, 2.75) is 63.3 Å². The van der Waals surface area contributed by atoms with Crippen molar-refractivity contribution in [3.8, 4) is 0 Å². The topological polar surface area (TPSA) is 179 Å². The molecule has 5 rings (SSSR count). The lowest BCUT2D eigenvalue weighted by atomic mass is 10.0. The van der Waals surface area contributed by atoms with Crippen molar-refractivity contribution in [2.75, 3.05) is 12.3 Å². The fraction of sp³-hybridized carbons (Fsp3) is 0.324. The van der Waals surface area contributed by atoms with Gasteiger partial charge in [0, 0.05) is 50.1 Å². The number of aromatic nitrogens is 1. The summed E-state index contributed by atoms with van der Waals surface area (Å²) in [7, 11) is -8.83. The maximum atomic E-state index is 14.6. The van der Waals surface area contributed by atoms with Gasteiger partial charge in [0.25, 0.3) is 27.7 Å². The highest BCUT2D eigenvalue weighted by molar-refractivity contribution is 7.89. The summed E-state index contributed by atoms with van der Waals surface area (Å²) in [5.41, 5.74) is 2.07. The van der Waals surface area contributed by atoms with Crippen LogP contribution in [-0.4, -0.2) is 66.7 Å². The van der Waals surface area contributed by atoms with Crippen molar-refractivity contribution in [1.29, 1.82) is 0 Å². The van der Waals surface area contributed by atoms with Crippen LogP contribution in [0.3, 0.4) is 0 Å². The zero-order chi connectivity index (χ0) is 35.3. The number of amides is 3. The van der Waals surface area contributed by atoms with Crippen molar-refractivity contribution >= 4 is 65.6 Å². The van der Waals surface area contributed by atoms with Gasteiger partial charge in [0.05, 0.1) is 31.3 Å². The molecule has 3 aromatic carbocycles. The van der Waals surface area contributed by atoms with Crippen LogP contribution in [0.1, 0.15) is 60.9 Å². The fourth-order valence-corrected chi connectivity index (χ4v) is 7.68. The van der Waals surface area contributed by atoms with Crippen LogP contribution >= 0.6 is 0 Å². The molecule has 1 fully saturated rings. The number of unbranched alkanes of at least 4 members (excludes halogenated alkanes) is 2. The van der Waals surface area contributed by atoms with Gasteiger partial charge in [-0.3, -0.25) is 14.4 Å². The highest BCUT2D eigenvalue weighted by Gasteiger charge is 2.35. The Morgan fingerprint density at radius 3 is 1.96 bits per heavy atom. The fourth-order valence-electron chi connectivity index (χ4n) is 5.79. The number of para-hydroxylation sites is 2. The molecule has 0 atom stereocenters. The van der Waals surface area contributed by atoms with E-state index in [1.165, 1.54) is 12.1 Å². The molecule has 0 bridgehead atoms. The molecule has 1 saturated heterocycles. The first-order chi connectivity index (χ1) is 23.3. The van der Waals surface area contributed by atoms with Gasteiger partial charge < -0.3 is 9.39 Å². The third-order valence-corrected chi connectivity index (χ3v) is 10.8. The van der Waals surface area contributed by atoms with E-state index in [1.807, 2.05) is 11.5 Å². The second-order valence-electron chi connectivity index (χ2n) is 11.7. The van der Waals surface area contributed by atoms with Crippen molar-refractivity contribution in [3.63, 3.8) is 0 Å². The number of rotatable bonds is 14. The molecule has 0 radical (unpaired) electrons. The summed E-state index contributed by atoms with van der Waals surface area (Å²) in [4.78, 5) is 55.2. The lowest BCUT2D eigenvalue weighted by Gasteiger charge is -2.24. The normalized spacial score (nSPS) is 13.7. The number of hydrogen-bond acceptors (Lipinski definition) is 10. The lowest BCUT2D eigenvalue weighted by molar-refractivity contribution is -0.645. The smallest absolute Gasteiger partial charge is 0.333 e. The van der Waals surface area contributed by atoms with Crippen LogP contribution in [0.4, 0.5) is 0 Å². The summed E-state index contributed by atoms with van der Waals surface area (Å²) in [6.07, 6.45) is 0.618. The summed E-state index contributed by atoms with van der Waals surface area (Å²) in [6.45, 7) is 1.75. The molecule has 1 aromatic heterocycles. The molecule has 258 valence electrons. The van der Waals surface area contributed by atoms with Gasteiger partial charge in [-0.1, -0.05) is 48.4 Å². The molecule has 0 saturated carbocycles. The molecule has 1 aliphatic rings. The Bertz CT molecular complexity index is 2080. The number of fused-ring (bicyclic) bond motifs is 2. The van der Waals surface area contributed by atoms with Gasteiger partial charge in [0.2, 0.25) is 11.0 Å². The van der Waals surface area contributed by atoms with Crippen LogP contribution in [0.25, 0.3) is 21.8 Å². The molecule has 3 amide bonds. The first kappa shape index (κ1) is 35.6. The summed E-state index contributed by atoms with van der Waals surface area (Å²) in [5, 5.41) is 1.35. The Morgan fingerprint density at radius 2 is 1.39 bits per heavy atom. The highest BCUT2D eigenvalue weighted by Crippen LogP contribution is 2.29. The second-order valence-corrected chi connectivity index (χ2v) is 15.1. The number of sulfonamides is 1. The standard InChI is InChI=1S/C34H35N3O10S2/c1-24-15-17-25(18-16-24)49(45,46)36(22-8-2-3-14-32(40)47-37-30(38)19-20-31(37)39)34(41)33-26-10-4-6-12-28(26)35(21-9-23-48(42,43)44)29-13-7-5-11-27(29)33/h4-7,10-13,15-18H,2-3,8-9,14,19-23H2,1H3. The molecule has 0 aliphatic carbocycles. The number of imide groups is 1. The summed E-state index contributed by atoms with van der Waals surface area (Å²) < 4.78 is 64.9. The van der Waals surface area contributed by atoms with E-state index in [4.69, 9.17) is 4.84 Å². The number of carbonyl (C=O) groups excluding carboxylic acids is 4. The molecule has 4 aromatic rings. The van der Waals surface area contributed by atoms with Gasteiger partial charge in [-0.25, -0.2) is 25.9 Å². The quantitative estimate of drug-likeness (QED) is 0.0618. The summed E-state index contributed by atoms with van der Waals surface area (Å²) in [5.74, 6) is -3.29. The van der Waals surface area contributed by atoms with E-state index < -0.39 is 49.6 Å². The van der Waals surface area contributed by atoms with E-state index in [2.05, 4.69) is 0 Å². The molecule has 13 nitrogen and oxygen atoms in total. The maximum absolute atomic E-state index is 14.6. The van der Waals surface area contributed by atoms with Gasteiger partial charge in [0.1, 0.15) is 0 Å². The predicted octanol–water partition coefficient (Wildman–Crippen LogP) is 3.52. The van der Waals surface area contributed by atoms with E-state index in [9.17, 15) is 40.6 Å². The van der Waals surface area contributed by atoms with Crippen molar-refractivity contribution < 1.29 is 50.0 Å². The van der Waals surface area contributed by atoms with Crippen LogP contribution < -0.4 is 4.57 Å². The molecular formula is C34H35N3O10S2. The Kier molecular flexibility index (Phi) is 10.7. The third-order valence-electron chi connectivity index (χ3n) is 8.19. The Morgan fingerprint density at radius 1 is 0.816 bits per heavy atom. The highest BCUT2D eigenvalue weighted by atomic mass is 32.2. The van der Waals surface area contributed by atoms with Gasteiger partial charge in [0.15, 0.2) is 6.54 Å². The van der Waals surface area contributed by atoms with Crippen molar-refractivity contribution in [2.24, 2.45) is 0 Å². The number of carbonyl (C=O) groups is 4. The minimum Gasteiger partial charge on any atom is -0.748 e. The van der Waals surface area contributed by atoms with Crippen LogP contribution in [0.15, 0.2) is 77.7 Å². The SMILES string of the molecule is Cc1ccc(S(=O)(=O)N(CCCCCC(=O)ON2C(=O)CCC2=O)C(=O)c2c3ccccc3[n+](CCCS(=O)(=O)[O-])c3ccccc23)cc1. The summed E-state index contributed by atoms with van der Waals surface area (Å²) in [6, 6.07) is 19.9. The first-order valence-corrected chi connectivity index (χ1v) is 18.8. The second kappa shape index (κ2) is 14.8. The largest absolute Gasteiger partial charge is 0.748 e. The first-order valence-electron chi connectivity index (χ1n) is 15.7. The predicted molar refractivity (Wildman–Crippen MR) is 176 cm³/mol. The molecule has 2 heterocycles. The number of hydroxylamine groups is 2. The Labute approximate surface area is 283 Å². The molecule has 0 spiro atoms. The average Bonchev–Trinajstić information content (AvgIpc) is 3.37. The van der Waals surface area contributed by atoms with Crippen LogP contribution in [0.5, 0.6) is 0 Å². The monoisotopic (exact) mass is 709 g/mol. The van der Waals surface area contributed by atoms with E-state index >= 15 is 0 Å². The van der Waals surface area contributed by atoms with Crippen molar-refractivity contribution in [3.05, 3.63) is 83.9 Å². The van der Waals surface area contributed by atoms with Crippen LogP contribution in [-0.2, 0) is 45.9 Å². The zero-order valence-electron chi connectivity index (χ0n) is 26.7. The van der Waals surface area contributed by atoms with Crippen LogP contribution in [0.2, 0.25) is 0 Å². The van der Waals surface area contributed by atoms with E-state index in [-0.39, 0.29) is 62.1 Å². The molecule has 49 heavy (non-hydrogen) atoms. The van der Waals surface area contributed by atoms with Gasteiger partial charge in [-0.05, 0) is 44.0 Å². The number of pyridine rings is 1. The van der Waals surface area contributed by atoms with Crippen LogP contribution in [0, 0.1) is 6.92 Å². The minimum atomic E-state index is -4.45. The van der Waals surface area contributed by atoms with Crippen molar-refractivity contribution in [1.82, 2.24) is 9.37 Å². The molecular weight excluding hydrogens is 675 g/mol. The number of nitrogens with zero attached hydrogens (tertiary/aromatic N) is 3. The van der Waals surface area contributed by atoms with Gasteiger partial charge in [-0.2, -0.15) is 4.57 Å². The number of aryl methyl sites for hydroxylation is 2. The van der Waals surface area contributed by atoms with E-state index in [1.54, 1.807) is 60.7 Å². The minimum absolute atomic E-state index is 0.0246. The number of hydrogen-bond donors (Lipinski definition) is 0. The Hall–Kier alpha value is -4.73. The van der Waals surface area contributed by atoms with Gasteiger partial charge in [-0.15, -0.1) is 5.06 Å². The lowest BCUT2D eigenvalue weighted by Crippen LogP contribution is -2.40. The molecule has 1 aliphatic heterocycles. The molecule has 0 unspecified atom stereocenters. The zero-order valence-corrected chi connectivity index (χ0v) is 28.4. The number of benzene rings is 3. The molecule has 15 heteroatoms.